The molecule has 0 spiro atoms. The van der Waals surface area contributed by atoms with Crippen molar-refractivity contribution in [1.29, 1.82) is 0 Å². The lowest BCUT2D eigenvalue weighted by molar-refractivity contribution is 0.357. The molecule has 3 nitrogen and oxygen atoms in total. The minimum absolute atomic E-state index is 0.556. The molecule has 2 N–H and O–H groups in total. The van der Waals surface area contributed by atoms with E-state index in [1.807, 2.05) is 7.05 Å². The summed E-state index contributed by atoms with van der Waals surface area (Å²) in [6.07, 6.45) is 4.93. The zero-order valence-electron chi connectivity index (χ0n) is 11.8. The van der Waals surface area contributed by atoms with E-state index in [-0.39, 0.29) is 0 Å². The van der Waals surface area contributed by atoms with E-state index < -0.39 is 0 Å². The third kappa shape index (κ3) is 3.10. The zero-order chi connectivity index (χ0) is 13.1. The maximum atomic E-state index is 5.54. The van der Waals surface area contributed by atoms with Crippen molar-refractivity contribution in [1.82, 2.24) is 10.6 Å². The van der Waals surface area contributed by atoms with Crippen molar-refractivity contribution in [3.05, 3.63) is 29.3 Å². The van der Waals surface area contributed by atoms with Crippen molar-refractivity contribution in [3.63, 3.8) is 0 Å². The smallest absolute Gasteiger partial charge is 0.122 e. The number of hydrogen-bond acceptors (Lipinski definition) is 3. The Kier molecular flexibility index (Phi) is 3.76. The van der Waals surface area contributed by atoms with E-state index >= 15 is 0 Å². The van der Waals surface area contributed by atoms with Gasteiger partial charge in [-0.1, -0.05) is 12.1 Å². The molecule has 0 atom stereocenters. The van der Waals surface area contributed by atoms with Crippen LogP contribution in [-0.4, -0.2) is 33.3 Å². The molecule has 0 radical (unpaired) electrons. The molecule has 0 bridgehead atoms. The average Bonchev–Trinajstić information content (AvgIpc) is 3.02. The quantitative estimate of drug-likeness (QED) is 0.733. The van der Waals surface area contributed by atoms with Crippen LogP contribution in [0.3, 0.4) is 0 Å². The highest BCUT2D eigenvalue weighted by Gasteiger charge is 2.41. The predicted molar refractivity (Wildman–Crippen MR) is 77.8 cm³/mol. The van der Waals surface area contributed by atoms with Crippen LogP contribution in [0.1, 0.15) is 24.0 Å². The van der Waals surface area contributed by atoms with Gasteiger partial charge in [0.15, 0.2) is 0 Å². The van der Waals surface area contributed by atoms with Crippen LogP contribution >= 0.6 is 0 Å². The molecule has 3 heteroatoms. The van der Waals surface area contributed by atoms with Crippen molar-refractivity contribution in [2.24, 2.45) is 5.41 Å². The van der Waals surface area contributed by atoms with E-state index in [9.17, 15) is 0 Å². The molecule has 1 saturated carbocycles. The highest BCUT2D eigenvalue weighted by molar-refractivity contribution is 5.39. The Morgan fingerprint density at radius 3 is 2.95 bits per heavy atom. The van der Waals surface area contributed by atoms with Gasteiger partial charge in [0.2, 0.25) is 0 Å². The molecule has 1 aromatic rings. The number of ether oxygens (including phenoxy) is 1. The fourth-order valence-electron chi connectivity index (χ4n) is 2.95. The largest absolute Gasteiger partial charge is 0.493 e. The SMILES string of the molecule is CNCC1(CNCCc2ccc3c(c2)CCO3)CC1. The highest BCUT2D eigenvalue weighted by atomic mass is 16.5. The molecule has 0 saturated heterocycles. The van der Waals surface area contributed by atoms with Gasteiger partial charge in [0.25, 0.3) is 0 Å². The molecule has 2 aliphatic rings. The van der Waals surface area contributed by atoms with Crippen LogP contribution in [0.5, 0.6) is 5.75 Å². The van der Waals surface area contributed by atoms with Crippen LogP contribution < -0.4 is 15.4 Å². The molecule has 0 unspecified atom stereocenters. The van der Waals surface area contributed by atoms with Gasteiger partial charge in [-0.25, -0.2) is 0 Å². The lowest BCUT2D eigenvalue weighted by atomic mass is 10.1. The van der Waals surface area contributed by atoms with Crippen LogP contribution in [0.2, 0.25) is 0 Å². The third-order valence-corrected chi connectivity index (χ3v) is 4.35. The Balaban J connectivity index is 1.43. The summed E-state index contributed by atoms with van der Waals surface area (Å²) < 4.78 is 5.54. The van der Waals surface area contributed by atoms with E-state index in [1.165, 1.54) is 24.0 Å². The summed E-state index contributed by atoms with van der Waals surface area (Å²) >= 11 is 0. The topological polar surface area (TPSA) is 33.3 Å². The second kappa shape index (κ2) is 5.51. The first-order valence-corrected chi connectivity index (χ1v) is 7.41. The Hall–Kier alpha value is -1.06. The van der Waals surface area contributed by atoms with Gasteiger partial charge in [-0.3, -0.25) is 0 Å². The van der Waals surface area contributed by atoms with Gasteiger partial charge in [-0.2, -0.15) is 0 Å². The summed E-state index contributed by atoms with van der Waals surface area (Å²) in [6.45, 7) is 4.23. The zero-order valence-corrected chi connectivity index (χ0v) is 11.8. The van der Waals surface area contributed by atoms with E-state index in [4.69, 9.17) is 4.74 Å². The maximum absolute atomic E-state index is 5.54. The standard InChI is InChI=1S/C16H24N2O/c1-17-11-16(6-7-16)12-18-8-4-13-2-3-15-14(10-13)5-9-19-15/h2-3,10,17-18H,4-9,11-12H2,1H3. The molecule has 19 heavy (non-hydrogen) atoms. The molecule has 1 heterocycles. The van der Waals surface area contributed by atoms with E-state index in [1.54, 1.807) is 0 Å². The van der Waals surface area contributed by atoms with Crippen molar-refractivity contribution in [2.45, 2.75) is 25.7 Å². The normalized spacial score (nSPS) is 19.0. The molecule has 1 aliphatic heterocycles. The monoisotopic (exact) mass is 260 g/mol. The second-order valence-electron chi connectivity index (χ2n) is 6.00. The van der Waals surface area contributed by atoms with Gasteiger partial charge in [0.1, 0.15) is 5.75 Å². The summed E-state index contributed by atoms with van der Waals surface area (Å²) in [7, 11) is 2.05. The molecule has 1 aromatic carbocycles. The Morgan fingerprint density at radius 1 is 1.26 bits per heavy atom. The van der Waals surface area contributed by atoms with Crippen LogP contribution in [-0.2, 0) is 12.8 Å². The average molecular weight is 260 g/mol. The number of fused-ring (bicyclic) bond motifs is 1. The number of rotatable bonds is 7. The molecule has 0 amide bonds. The van der Waals surface area contributed by atoms with Crippen LogP contribution in [0.4, 0.5) is 0 Å². The molecule has 3 rings (SSSR count). The van der Waals surface area contributed by atoms with Gasteiger partial charge in [-0.05, 0) is 55.5 Å². The summed E-state index contributed by atoms with van der Waals surface area (Å²) in [6, 6.07) is 6.64. The minimum atomic E-state index is 0.556. The minimum Gasteiger partial charge on any atom is -0.493 e. The molecule has 1 fully saturated rings. The van der Waals surface area contributed by atoms with E-state index in [0.29, 0.717) is 5.41 Å². The fourth-order valence-corrected chi connectivity index (χ4v) is 2.95. The molecular weight excluding hydrogens is 236 g/mol. The van der Waals surface area contributed by atoms with Gasteiger partial charge in [-0.15, -0.1) is 0 Å². The van der Waals surface area contributed by atoms with E-state index in [2.05, 4.69) is 28.8 Å². The lowest BCUT2D eigenvalue weighted by Crippen LogP contribution is -2.32. The van der Waals surface area contributed by atoms with E-state index in [0.717, 1.165) is 44.8 Å². The summed E-state index contributed by atoms with van der Waals surface area (Å²) in [5.74, 6) is 1.09. The third-order valence-electron chi connectivity index (χ3n) is 4.35. The summed E-state index contributed by atoms with van der Waals surface area (Å²) in [4.78, 5) is 0. The molecule has 0 aromatic heterocycles. The number of benzene rings is 1. The maximum Gasteiger partial charge on any atom is 0.122 e. The first-order valence-electron chi connectivity index (χ1n) is 7.41. The first-order chi connectivity index (χ1) is 9.31. The fraction of sp³-hybridized carbons (Fsp3) is 0.625. The first kappa shape index (κ1) is 12.9. The summed E-state index contributed by atoms with van der Waals surface area (Å²) in [5.41, 5.74) is 3.36. The van der Waals surface area contributed by atoms with Gasteiger partial charge >= 0.3 is 0 Å². The van der Waals surface area contributed by atoms with Crippen LogP contribution in [0.15, 0.2) is 18.2 Å². The Bertz CT molecular complexity index is 440. The lowest BCUT2D eigenvalue weighted by Gasteiger charge is -2.15. The molecular formula is C16H24N2O. The van der Waals surface area contributed by atoms with Gasteiger partial charge in [0.05, 0.1) is 6.61 Å². The Labute approximate surface area is 115 Å². The highest BCUT2D eigenvalue weighted by Crippen LogP contribution is 2.44. The van der Waals surface area contributed by atoms with Gasteiger partial charge in [0, 0.05) is 19.5 Å². The molecule has 104 valence electrons. The van der Waals surface area contributed by atoms with Crippen molar-refractivity contribution < 1.29 is 4.74 Å². The van der Waals surface area contributed by atoms with Gasteiger partial charge < -0.3 is 15.4 Å². The van der Waals surface area contributed by atoms with Crippen LogP contribution in [0, 0.1) is 5.41 Å². The number of nitrogens with one attached hydrogen (secondary N) is 2. The van der Waals surface area contributed by atoms with Crippen molar-refractivity contribution in [2.75, 3.05) is 33.3 Å². The van der Waals surface area contributed by atoms with Crippen molar-refractivity contribution >= 4 is 0 Å². The van der Waals surface area contributed by atoms with Crippen LogP contribution in [0.25, 0.3) is 0 Å². The predicted octanol–water partition coefficient (Wildman–Crippen LogP) is 1.75. The Morgan fingerprint density at radius 2 is 2.16 bits per heavy atom. The van der Waals surface area contributed by atoms with Crippen molar-refractivity contribution in [3.8, 4) is 5.75 Å². The summed E-state index contributed by atoms with van der Waals surface area (Å²) in [5, 5.41) is 6.92. The second-order valence-corrected chi connectivity index (χ2v) is 6.00. The number of hydrogen-bond donors (Lipinski definition) is 2. The molecule has 1 aliphatic carbocycles.